The fourth-order valence-corrected chi connectivity index (χ4v) is 3.00. The third-order valence-electron chi connectivity index (χ3n) is 4.05. The van der Waals surface area contributed by atoms with Crippen LogP contribution in [-0.4, -0.2) is 13.0 Å². The van der Waals surface area contributed by atoms with E-state index in [0.29, 0.717) is 0 Å². The summed E-state index contributed by atoms with van der Waals surface area (Å²) >= 11 is 6.02. The Morgan fingerprint density at radius 1 is 1.22 bits per heavy atom. The Morgan fingerprint density at radius 3 is 2.74 bits per heavy atom. The van der Waals surface area contributed by atoms with Crippen LogP contribution in [0.25, 0.3) is 0 Å². The maximum Gasteiger partial charge on any atom is 0.228 e. The van der Waals surface area contributed by atoms with Crippen LogP contribution in [0.1, 0.15) is 23.5 Å². The molecule has 0 aromatic heterocycles. The number of carbonyl (C=O) groups is 1. The molecular formula is C18H20Cl2N2O. The van der Waals surface area contributed by atoms with Crippen LogP contribution < -0.4 is 10.6 Å². The zero-order valence-electron chi connectivity index (χ0n) is 12.9. The van der Waals surface area contributed by atoms with Gasteiger partial charge in [0.05, 0.1) is 0 Å². The summed E-state index contributed by atoms with van der Waals surface area (Å²) in [7, 11) is 1.90. The van der Waals surface area contributed by atoms with Crippen molar-refractivity contribution < 1.29 is 4.79 Å². The molecule has 0 heterocycles. The first-order chi connectivity index (χ1) is 10.7. The zero-order chi connectivity index (χ0) is 15.5. The molecule has 1 amide bonds. The van der Waals surface area contributed by atoms with Gasteiger partial charge < -0.3 is 10.6 Å². The molecule has 1 fully saturated rings. The molecule has 0 spiro atoms. The van der Waals surface area contributed by atoms with E-state index in [9.17, 15) is 4.79 Å². The van der Waals surface area contributed by atoms with E-state index in [1.54, 1.807) is 0 Å². The van der Waals surface area contributed by atoms with Gasteiger partial charge in [-0.1, -0.05) is 41.9 Å². The monoisotopic (exact) mass is 350 g/mol. The molecule has 3 nitrogen and oxygen atoms in total. The van der Waals surface area contributed by atoms with E-state index in [4.69, 9.17) is 11.6 Å². The van der Waals surface area contributed by atoms with Crippen molar-refractivity contribution in [3.8, 4) is 0 Å². The molecule has 0 bridgehead atoms. The second-order valence-corrected chi connectivity index (χ2v) is 6.12. The Morgan fingerprint density at radius 2 is 2.00 bits per heavy atom. The van der Waals surface area contributed by atoms with Crippen molar-refractivity contribution in [2.75, 3.05) is 12.4 Å². The molecule has 0 radical (unpaired) electrons. The molecule has 2 N–H and O–H groups in total. The molecule has 1 saturated carbocycles. The van der Waals surface area contributed by atoms with Crippen LogP contribution in [0.4, 0.5) is 5.69 Å². The lowest BCUT2D eigenvalue weighted by Crippen LogP contribution is -2.17. The summed E-state index contributed by atoms with van der Waals surface area (Å²) in [5, 5.41) is 6.90. The summed E-state index contributed by atoms with van der Waals surface area (Å²) in [5.74, 6) is 0.421. The molecule has 23 heavy (non-hydrogen) atoms. The third-order valence-corrected chi connectivity index (χ3v) is 4.28. The van der Waals surface area contributed by atoms with Gasteiger partial charge in [-0.2, -0.15) is 0 Å². The molecule has 1 aliphatic carbocycles. The molecule has 1 aliphatic rings. The van der Waals surface area contributed by atoms with Gasteiger partial charge in [-0.15, -0.1) is 12.4 Å². The average Bonchev–Trinajstić information content (AvgIpc) is 3.30. The third kappa shape index (κ3) is 4.25. The minimum atomic E-state index is 0. The van der Waals surface area contributed by atoms with Crippen molar-refractivity contribution in [3.63, 3.8) is 0 Å². The Hall–Kier alpha value is -1.55. The Labute approximate surface area is 147 Å². The van der Waals surface area contributed by atoms with E-state index >= 15 is 0 Å². The predicted molar refractivity (Wildman–Crippen MR) is 97.4 cm³/mol. The van der Waals surface area contributed by atoms with Crippen LogP contribution in [0.3, 0.4) is 0 Å². The van der Waals surface area contributed by atoms with E-state index in [1.807, 2.05) is 55.6 Å². The Bertz CT molecular complexity index is 690. The van der Waals surface area contributed by atoms with Gasteiger partial charge in [0.25, 0.3) is 0 Å². The predicted octanol–water partition coefficient (Wildman–Crippen LogP) is 4.22. The summed E-state index contributed by atoms with van der Waals surface area (Å²) in [6.45, 7) is 0.735. The molecule has 3 rings (SSSR count). The van der Waals surface area contributed by atoms with Gasteiger partial charge in [0.15, 0.2) is 0 Å². The van der Waals surface area contributed by atoms with Crippen molar-refractivity contribution in [1.82, 2.24) is 5.32 Å². The van der Waals surface area contributed by atoms with Gasteiger partial charge in [0.2, 0.25) is 5.91 Å². The second kappa shape index (κ2) is 7.82. The highest BCUT2D eigenvalue weighted by Gasteiger charge is 2.44. The molecule has 2 aromatic carbocycles. The number of nitrogens with one attached hydrogen (secondary N) is 2. The van der Waals surface area contributed by atoms with E-state index in [2.05, 4.69) is 10.6 Å². The highest BCUT2D eigenvalue weighted by molar-refractivity contribution is 6.30. The molecule has 5 heteroatoms. The first kappa shape index (κ1) is 17.8. The first-order valence-corrected chi connectivity index (χ1v) is 7.85. The smallest absolute Gasteiger partial charge is 0.228 e. The van der Waals surface area contributed by atoms with Crippen LogP contribution in [0.5, 0.6) is 0 Å². The Balaban J connectivity index is 0.00000192. The van der Waals surface area contributed by atoms with Crippen LogP contribution in [-0.2, 0) is 11.3 Å². The first-order valence-electron chi connectivity index (χ1n) is 7.48. The summed E-state index contributed by atoms with van der Waals surface area (Å²) in [6.07, 6.45) is 0.889. The molecular weight excluding hydrogens is 331 g/mol. The van der Waals surface area contributed by atoms with Crippen LogP contribution >= 0.6 is 24.0 Å². The molecule has 0 aliphatic heterocycles. The van der Waals surface area contributed by atoms with Crippen molar-refractivity contribution >= 4 is 35.6 Å². The van der Waals surface area contributed by atoms with E-state index in [0.717, 1.165) is 34.8 Å². The SMILES string of the molecule is CNCc1ccccc1NC(=O)C1CC1c1cccc(Cl)c1.Cl. The van der Waals surface area contributed by atoms with E-state index in [-0.39, 0.29) is 30.2 Å². The summed E-state index contributed by atoms with van der Waals surface area (Å²) < 4.78 is 0. The maximum absolute atomic E-state index is 12.4. The van der Waals surface area contributed by atoms with E-state index in [1.165, 1.54) is 0 Å². The molecule has 2 unspecified atom stereocenters. The number of anilines is 1. The number of carbonyl (C=O) groups excluding carboxylic acids is 1. The number of amides is 1. The lowest BCUT2D eigenvalue weighted by atomic mass is 10.1. The molecule has 2 aromatic rings. The summed E-state index contributed by atoms with van der Waals surface area (Å²) in [6, 6.07) is 15.7. The second-order valence-electron chi connectivity index (χ2n) is 5.68. The number of halogens is 2. The highest BCUT2D eigenvalue weighted by atomic mass is 35.5. The minimum Gasteiger partial charge on any atom is -0.326 e. The number of benzene rings is 2. The fourth-order valence-electron chi connectivity index (χ4n) is 2.80. The van der Waals surface area contributed by atoms with Gasteiger partial charge in [0, 0.05) is 23.2 Å². The fraction of sp³-hybridized carbons (Fsp3) is 0.278. The topological polar surface area (TPSA) is 41.1 Å². The zero-order valence-corrected chi connectivity index (χ0v) is 14.5. The Kier molecular flexibility index (Phi) is 6.05. The van der Waals surface area contributed by atoms with Crippen molar-refractivity contribution in [3.05, 3.63) is 64.7 Å². The largest absolute Gasteiger partial charge is 0.326 e. The standard InChI is InChI=1S/C18H19ClN2O.ClH/c1-20-11-13-5-2-3-8-17(13)21-18(22)16-10-15(16)12-6-4-7-14(19)9-12;/h2-9,15-16,20H,10-11H2,1H3,(H,21,22);1H. The van der Waals surface area contributed by atoms with E-state index < -0.39 is 0 Å². The van der Waals surface area contributed by atoms with Crippen LogP contribution in [0, 0.1) is 5.92 Å². The number of hydrogen-bond donors (Lipinski definition) is 2. The number of hydrogen-bond acceptors (Lipinski definition) is 2. The summed E-state index contributed by atoms with van der Waals surface area (Å²) in [5.41, 5.74) is 3.13. The van der Waals surface area contributed by atoms with Gasteiger partial charge in [-0.05, 0) is 48.7 Å². The summed E-state index contributed by atoms with van der Waals surface area (Å²) in [4.78, 5) is 12.4. The number of para-hydroxylation sites is 1. The number of rotatable bonds is 5. The quantitative estimate of drug-likeness (QED) is 0.847. The highest BCUT2D eigenvalue weighted by Crippen LogP contribution is 2.48. The van der Waals surface area contributed by atoms with Gasteiger partial charge >= 0.3 is 0 Å². The lowest BCUT2D eigenvalue weighted by Gasteiger charge is -2.10. The van der Waals surface area contributed by atoms with Crippen molar-refractivity contribution in [2.24, 2.45) is 5.92 Å². The lowest BCUT2D eigenvalue weighted by molar-refractivity contribution is -0.117. The molecule has 2 atom stereocenters. The molecule has 0 saturated heterocycles. The molecule has 122 valence electrons. The normalized spacial score (nSPS) is 18.9. The van der Waals surface area contributed by atoms with Gasteiger partial charge in [-0.25, -0.2) is 0 Å². The minimum absolute atomic E-state index is 0. The van der Waals surface area contributed by atoms with Gasteiger partial charge in [0.1, 0.15) is 0 Å². The maximum atomic E-state index is 12.4. The van der Waals surface area contributed by atoms with Crippen LogP contribution in [0.15, 0.2) is 48.5 Å². The average molecular weight is 351 g/mol. The van der Waals surface area contributed by atoms with Gasteiger partial charge in [-0.3, -0.25) is 4.79 Å². The van der Waals surface area contributed by atoms with Crippen molar-refractivity contribution in [1.29, 1.82) is 0 Å². The van der Waals surface area contributed by atoms with Crippen molar-refractivity contribution in [2.45, 2.75) is 18.9 Å². The van der Waals surface area contributed by atoms with Crippen LogP contribution in [0.2, 0.25) is 5.02 Å².